The number of nitrogens with zero attached hydrogens (tertiary/aromatic N) is 1. The number of aliphatic imine (C=N–C) groups is 1. The molecular weight excluding hydrogens is 455 g/mol. The number of halogens is 3. The highest BCUT2D eigenvalue weighted by Gasteiger charge is 2.05. The molecule has 0 fully saturated rings. The lowest BCUT2D eigenvalue weighted by atomic mass is 10.2. The fraction of sp³-hybridized carbons (Fsp3) is 0.278. The third kappa shape index (κ3) is 7.42. The molecule has 0 aliphatic heterocycles. The molecule has 0 saturated heterocycles. The molecule has 0 heterocycles. The van der Waals surface area contributed by atoms with Crippen LogP contribution in [0.1, 0.15) is 11.1 Å². The van der Waals surface area contributed by atoms with Crippen LogP contribution < -0.4 is 20.1 Å². The summed E-state index contributed by atoms with van der Waals surface area (Å²) >= 11 is 0. The van der Waals surface area contributed by atoms with Crippen molar-refractivity contribution in [2.24, 2.45) is 4.99 Å². The van der Waals surface area contributed by atoms with Crippen LogP contribution in [0.15, 0.2) is 53.5 Å². The maximum absolute atomic E-state index is 12.3. The number of guanidine groups is 1. The van der Waals surface area contributed by atoms with Gasteiger partial charge in [0.2, 0.25) is 0 Å². The molecule has 26 heavy (non-hydrogen) atoms. The summed E-state index contributed by atoms with van der Waals surface area (Å²) < 4.78 is 34.1. The van der Waals surface area contributed by atoms with Crippen LogP contribution in [0.25, 0.3) is 0 Å². The van der Waals surface area contributed by atoms with E-state index in [9.17, 15) is 8.78 Å². The normalized spacial score (nSPS) is 10.9. The number of ether oxygens (including phenoxy) is 2. The zero-order valence-corrected chi connectivity index (χ0v) is 16.9. The highest BCUT2D eigenvalue weighted by atomic mass is 127. The maximum atomic E-state index is 12.3. The summed E-state index contributed by atoms with van der Waals surface area (Å²) in [4.78, 5) is 4.14. The van der Waals surface area contributed by atoms with E-state index in [0.29, 0.717) is 19.0 Å². The van der Waals surface area contributed by atoms with E-state index in [-0.39, 0.29) is 29.7 Å². The van der Waals surface area contributed by atoms with Gasteiger partial charge in [-0.05, 0) is 35.4 Å². The molecule has 0 bridgehead atoms. The summed E-state index contributed by atoms with van der Waals surface area (Å²) in [5.74, 6) is 1.52. The van der Waals surface area contributed by atoms with Gasteiger partial charge in [-0.1, -0.05) is 24.3 Å². The first-order valence-corrected chi connectivity index (χ1v) is 7.72. The average molecular weight is 477 g/mol. The lowest BCUT2D eigenvalue weighted by Gasteiger charge is -2.13. The van der Waals surface area contributed by atoms with Gasteiger partial charge < -0.3 is 20.1 Å². The second-order valence-corrected chi connectivity index (χ2v) is 5.16. The van der Waals surface area contributed by atoms with Gasteiger partial charge in [0.1, 0.15) is 11.5 Å². The minimum atomic E-state index is -2.83. The summed E-state index contributed by atoms with van der Waals surface area (Å²) in [6.07, 6.45) is 0. The SMILES string of the molecule is CN=C(NCc1cccc(OC)c1)NCc1cccc(OC(F)F)c1.I. The second kappa shape index (κ2) is 11.5. The van der Waals surface area contributed by atoms with Gasteiger partial charge in [0.25, 0.3) is 0 Å². The molecule has 2 aromatic carbocycles. The number of rotatable bonds is 7. The first-order valence-electron chi connectivity index (χ1n) is 7.72. The number of hydrogen-bond donors (Lipinski definition) is 2. The van der Waals surface area contributed by atoms with E-state index in [1.165, 1.54) is 6.07 Å². The Morgan fingerprint density at radius 2 is 1.54 bits per heavy atom. The van der Waals surface area contributed by atoms with Crippen molar-refractivity contribution >= 4 is 29.9 Å². The lowest BCUT2D eigenvalue weighted by molar-refractivity contribution is -0.0498. The minimum Gasteiger partial charge on any atom is -0.497 e. The smallest absolute Gasteiger partial charge is 0.387 e. The zero-order chi connectivity index (χ0) is 18.1. The van der Waals surface area contributed by atoms with E-state index in [4.69, 9.17) is 4.74 Å². The molecule has 0 spiro atoms. The average Bonchev–Trinajstić information content (AvgIpc) is 2.62. The van der Waals surface area contributed by atoms with E-state index in [1.807, 2.05) is 30.3 Å². The number of nitrogens with one attached hydrogen (secondary N) is 2. The monoisotopic (exact) mass is 477 g/mol. The third-order valence-corrected chi connectivity index (χ3v) is 3.40. The molecule has 2 N–H and O–H groups in total. The van der Waals surface area contributed by atoms with Gasteiger partial charge in [0, 0.05) is 20.1 Å². The van der Waals surface area contributed by atoms with Crippen molar-refractivity contribution in [3.05, 3.63) is 59.7 Å². The van der Waals surface area contributed by atoms with E-state index in [2.05, 4.69) is 20.4 Å². The number of methoxy groups -OCH3 is 1. The molecule has 0 unspecified atom stereocenters. The van der Waals surface area contributed by atoms with Crippen LogP contribution in [0, 0.1) is 0 Å². The quantitative estimate of drug-likeness (QED) is 0.362. The largest absolute Gasteiger partial charge is 0.497 e. The Hall–Kier alpha value is -2.10. The summed E-state index contributed by atoms with van der Waals surface area (Å²) in [6, 6.07) is 14.3. The van der Waals surface area contributed by atoms with Crippen LogP contribution in [0.4, 0.5) is 8.78 Å². The molecular formula is C18H22F2IN3O2. The third-order valence-electron chi connectivity index (χ3n) is 3.40. The predicted octanol–water partition coefficient (Wildman–Crippen LogP) is 3.78. The van der Waals surface area contributed by atoms with Crippen LogP contribution in [-0.4, -0.2) is 26.7 Å². The Bertz CT molecular complexity index is 714. The number of alkyl halides is 2. The number of benzene rings is 2. The standard InChI is InChI=1S/C18H21F2N3O2.HI/c1-21-18(22-11-13-5-3-7-15(9-13)24-2)23-12-14-6-4-8-16(10-14)25-17(19)20;/h3-10,17H,11-12H2,1-2H3,(H2,21,22,23);1H. The Balaban J connectivity index is 0.00000338. The van der Waals surface area contributed by atoms with Crippen LogP contribution in [-0.2, 0) is 13.1 Å². The fourth-order valence-electron chi connectivity index (χ4n) is 2.21. The van der Waals surface area contributed by atoms with Gasteiger partial charge >= 0.3 is 6.61 Å². The first kappa shape index (κ1) is 21.9. The molecule has 5 nitrogen and oxygen atoms in total. The van der Waals surface area contributed by atoms with Crippen molar-refractivity contribution in [1.82, 2.24) is 10.6 Å². The van der Waals surface area contributed by atoms with Crippen LogP contribution >= 0.6 is 24.0 Å². The fourth-order valence-corrected chi connectivity index (χ4v) is 2.21. The zero-order valence-electron chi connectivity index (χ0n) is 14.5. The summed E-state index contributed by atoms with van der Waals surface area (Å²) in [7, 11) is 3.29. The van der Waals surface area contributed by atoms with Crippen LogP contribution in [0.3, 0.4) is 0 Å². The molecule has 8 heteroatoms. The van der Waals surface area contributed by atoms with Crippen molar-refractivity contribution in [1.29, 1.82) is 0 Å². The van der Waals surface area contributed by atoms with Gasteiger partial charge in [0.15, 0.2) is 5.96 Å². The highest BCUT2D eigenvalue weighted by Crippen LogP contribution is 2.16. The topological polar surface area (TPSA) is 54.9 Å². The molecule has 2 rings (SSSR count). The van der Waals surface area contributed by atoms with Crippen molar-refractivity contribution in [3.63, 3.8) is 0 Å². The number of hydrogen-bond acceptors (Lipinski definition) is 3. The first-order chi connectivity index (χ1) is 12.1. The molecule has 0 aliphatic rings. The molecule has 0 aliphatic carbocycles. The molecule has 0 saturated carbocycles. The molecule has 0 aromatic heterocycles. The molecule has 0 radical (unpaired) electrons. The van der Waals surface area contributed by atoms with Gasteiger partial charge in [-0.3, -0.25) is 4.99 Å². The second-order valence-electron chi connectivity index (χ2n) is 5.16. The summed E-state index contributed by atoms with van der Waals surface area (Å²) in [6.45, 7) is -1.83. The van der Waals surface area contributed by atoms with E-state index < -0.39 is 6.61 Å². The Morgan fingerprint density at radius 1 is 1.00 bits per heavy atom. The Morgan fingerprint density at radius 3 is 2.04 bits per heavy atom. The Kier molecular flexibility index (Phi) is 9.71. The summed E-state index contributed by atoms with van der Waals surface area (Å²) in [5, 5.41) is 6.32. The van der Waals surface area contributed by atoms with Gasteiger partial charge in [-0.2, -0.15) is 8.78 Å². The highest BCUT2D eigenvalue weighted by molar-refractivity contribution is 14.0. The van der Waals surface area contributed by atoms with Crippen LogP contribution in [0.2, 0.25) is 0 Å². The van der Waals surface area contributed by atoms with Gasteiger partial charge in [-0.15, -0.1) is 24.0 Å². The van der Waals surface area contributed by atoms with Crippen molar-refractivity contribution < 1.29 is 18.3 Å². The van der Waals surface area contributed by atoms with Gasteiger partial charge in [-0.25, -0.2) is 0 Å². The lowest BCUT2D eigenvalue weighted by Crippen LogP contribution is -2.36. The maximum Gasteiger partial charge on any atom is 0.387 e. The molecule has 0 atom stereocenters. The van der Waals surface area contributed by atoms with Crippen LogP contribution in [0.5, 0.6) is 11.5 Å². The molecule has 2 aromatic rings. The van der Waals surface area contributed by atoms with Crippen molar-refractivity contribution in [2.45, 2.75) is 19.7 Å². The van der Waals surface area contributed by atoms with E-state index >= 15 is 0 Å². The minimum absolute atomic E-state index is 0. The molecule has 0 amide bonds. The molecule has 142 valence electrons. The summed E-state index contributed by atoms with van der Waals surface area (Å²) in [5.41, 5.74) is 1.86. The Labute approximate surface area is 168 Å². The van der Waals surface area contributed by atoms with E-state index in [0.717, 1.165) is 16.9 Å². The van der Waals surface area contributed by atoms with Crippen molar-refractivity contribution in [3.8, 4) is 11.5 Å². The van der Waals surface area contributed by atoms with Crippen molar-refractivity contribution in [2.75, 3.05) is 14.2 Å². The van der Waals surface area contributed by atoms with E-state index in [1.54, 1.807) is 26.3 Å². The van der Waals surface area contributed by atoms with Gasteiger partial charge in [0.05, 0.1) is 7.11 Å². The predicted molar refractivity (Wildman–Crippen MR) is 109 cm³/mol.